The summed E-state index contributed by atoms with van der Waals surface area (Å²) in [7, 11) is 0. The first-order valence-corrected chi connectivity index (χ1v) is 9.26. The van der Waals surface area contributed by atoms with Gasteiger partial charge in [-0.3, -0.25) is 9.59 Å². The first-order chi connectivity index (χ1) is 13.1. The molecule has 0 unspecified atom stereocenters. The molecule has 1 aliphatic heterocycles. The second-order valence-corrected chi connectivity index (χ2v) is 6.58. The van der Waals surface area contributed by atoms with Crippen LogP contribution in [0.1, 0.15) is 32.7 Å². The van der Waals surface area contributed by atoms with Gasteiger partial charge >= 0.3 is 0 Å². The third kappa shape index (κ3) is 5.21. The Balaban J connectivity index is 1.59. The molecule has 2 aromatic carbocycles. The average Bonchev–Trinajstić information content (AvgIpc) is 2.72. The molecule has 2 aromatic rings. The van der Waals surface area contributed by atoms with Gasteiger partial charge in [-0.05, 0) is 43.3 Å². The highest BCUT2D eigenvalue weighted by atomic mass is 19.1. The third-order valence-corrected chi connectivity index (χ3v) is 4.67. The predicted molar refractivity (Wildman–Crippen MR) is 103 cm³/mol. The van der Waals surface area contributed by atoms with Crippen molar-refractivity contribution in [3.63, 3.8) is 0 Å². The first-order valence-electron chi connectivity index (χ1n) is 9.26. The molecule has 1 heterocycles. The molecule has 1 fully saturated rings. The molecule has 0 atom stereocenters. The molecule has 0 bridgehead atoms. The van der Waals surface area contributed by atoms with Crippen LogP contribution < -0.4 is 10.6 Å². The van der Waals surface area contributed by atoms with Crippen LogP contribution in [0.2, 0.25) is 0 Å². The number of amides is 1. The van der Waals surface area contributed by atoms with E-state index in [1.54, 1.807) is 24.3 Å². The highest BCUT2D eigenvalue weighted by Crippen LogP contribution is 2.15. The van der Waals surface area contributed by atoms with Crippen LogP contribution in [-0.2, 0) is 0 Å². The highest BCUT2D eigenvalue weighted by molar-refractivity contribution is 6.15. The number of hydrogen-bond donors (Lipinski definition) is 2. The zero-order chi connectivity index (χ0) is 19.1. The van der Waals surface area contributed by atoms with E-state index in [0.717, 1.165) is 39.1 Å². The Kier molecular flexibility index (Phi) is 6.68. The second-order valence-electron chi connectivity index (χ2n) is 6.58. The van der Waals surface area contributed by atoms with Gasteiger partial charge in [0.05, 0.1) is 5.56 Å². The average molecular weight is 369 g/mol. The van der Waals surface area contributed by atoms with Crippen LogP contribution >= 0.6 is 0 Å². The monoisotopic (exact) mass is 369 g/mol. The predicted octanol–water partition coefficient (Wildman–Crippen LogP) is 2.08. The largest absolute Gasteiger partial charge is 0.352 e. The topological polar surface area (TPSA) is 61.4 Å². The summed E-state index contributed by atoms with van der Waals surface area (Å²) in [6.45, 7) is 5.57. The van der Waals surface area contributed by atoms with E-state index in [9.17, 15) is 14.0 Å². The van der Waals surface area contributed by atoms with Crippen LogP contribution in [-0.4, -0.2) is 55.9 Å². The van der Waals surface area contributed by atoms with Crippen LogP contribution in [0.15, 0.2) is 48.5 Å². The molecule has 1 saturated heterocycles. The van der Waals surface area contributed by atoms with Gasteiger partial charge in [-0.1, -0.05) is 18.2 Å². The number of nitrogens with one attached hydrogen (secondary N) is 2. The van der Waals surface area contributed by atoms with Crippen LogP contribution in [0.25, 0.3) is 0 Å². The van der Waals surface area contributed by atoms with Crippen molar-refractivity contribution >= 4 is 11.7 Å². The molecule has 0 aromatic heterocycles. The van der Waals surface area contributed by atoms with E-state index in [1.807, 2.05) is 0 Å². The molecule has 0 saturated carbocycles. The highest BCUT2D eigenvalue weighted by Gasteiger charge is 2.18. The van der Waals surface area contributed by atoms with Crippen LogP contribution in [0, 0.1) is 5.82 Å². The maximum atomic E-state index is 13.1. The summed E-state index contributed by atoms with van der Waals surface area (Å²) in [4.78, 5) is 27.6. The molecule has 0 aliphatic carbocycles. The van der Waals surface area contributed by atoms with Crippen molar-refractivity contribution in [3.05, 3.63) is 71.0 Å². The van der Waals surface area contributed by atoms with Crippen molar-refractivity contribution in [2.45, 2.75) is 6.42 Å². The van der Waals surface area contributed by atoms with Gasteiger partial charge in [0.15, 0.2) is 5.78 Å². The van der Waals surface area contributed by atoms with Crippen molar-refractivity contribution in [3.8, 4) is 0 Å². The summed E-state index contributed by atoms with van der Waals surface area (Å²) in [5.74, 6) is -0.954. The van der Waals surface area contributed by atoms with Gasteiger partial charge in [0, 0.05) is 43.9 Å². The fourth-order valence-electron chi connectivity index (χ4n) is 3.17. The van der Waals surface area contributed by atoms with E-state index in [2.05, 4.69) is 15.5 Å². The van der Waals surface area contributed by atoms with Gasteiger partial charge in [0.1, 0.15) is 5.82 Å². The lowest BCUT2D eigenvalue weighted by atomic mass is 9.98. The van der Waals surface area contributed by atoms with E-state index in [1.165, 1.54) is 24.3 Å². The van der Waals surface area contributed by atoms with Crippen LogP contribution in [0.5, 0.6) is 0 Å². The minimum Gasteiger partial charge on any atom is -0.352 e. The van der Waals surface area contributed by atoms with Crippen molar-refractivity contribution < 1.29 is 14.0 Å². The molecular weight excluding hydrogens is 345 g/mol. The molecule has 2 N–H and O–H groups in total. The number of rotatable bonds is 7. The number of benzene rings is 2. The smallest absolute Gasteiger partial charge is 0.252 e. The number of piperazine rings is 1. The van der Waals surface area contributed by atoms with E-state index in [-0.39, 0.29) is 11.7 Å². The Hall–Kier alpha value is -2.57. The molecule has 5 nitrogen and oxygen atoms in total. The summed E-state index contributed by atoms with van der Waals surface area (Å²) < 4.78 is 13.1. The lowest BCUT2D eigenvalue weighted by Crippen LogP contribution is -2.44. The number of hydrogen-bond acceptors (Lipinski definition) is 4. The Morgan fingerprint density at radius 3 is 2.37 bits per heavy atom. The zero-order valence-electron chi connectivity index (χ0n) is 15.2. The number of ketones is 1. The molecule has 142 valence electrons. The van der Waals surface area contributed by atoms with Gasteiger partial charge < -0.3 is 15.5 Å². The van der Waals surface area contributed by atoms with E-state index in [0.29, 0.717) is 23.2 Å². The summed E-state index contributed by atoms with van der Waals surface area (Å²) >= 11 is 0. The molecule has 0 radical (unpaired) electrons. The maximum Gasteiger partial charge on any atom is 0.252 e. The number of carbonyl (C=O) groups excluding carboxylic acids is 2. The Morgan fingerprint density at radius 1 is 1.00 bits per heavy atom. The molecular formula is C21H24FN3O2. The zero-order valence-corrected chi connectivity index (χ0v) is 15.2. The number of nitrogens with zero attached hydrogens (tertiary/aromatic N) is 1. The summed E-state index contributed by atoms with van der Waals surface area (Å²) in [5, 5.41) is 6.21. The SMILES string of the molecule is O=C(NCCCN1CCNCC1)c1ccccc1C(=O)c1ccc(F)cc1. The Labute approximate surface area is 158 Å². The minimum absolute atomic E-state index is 0.263. The lowest BCUT2D eigenvalue weighted by molar-refractivity contribution is 0.0940. The van der Waals surface area contributed by atoms with Crippen molar-refractivity contribution in [2.75, 3.05) is 39.3 Å². The molecule has 6 heteroatoms. The van der Waals surface area contributed by atoms with Crippen LogP contribution in [0.3, 0.4) is 0 Å². The fourth-order valence-corrected chi connectivity index (χ4v) is 3.17. The maximum absolute atomic E-state index is 13.1. The van der Waals surface area contributed by atoms with Gasteiger partial charge in [0.2, 0.25) is 0 Å². The molecule has 27 heavy (non-hydrogen) atoms. The second kappa shape index (κ2) is 9.39. The summed E-state index contributed by atoms with van der Waals surface area (Å²) in [5.41, 5.74) is 1.02. The van der Waals surface area contributed by atoms with E-state index < -0.39 is 5.82 Å². The normalized spacial score (nSPS) is 14.7. The van der Waals surface area contributed by atoms with Gasteiger partial charge in [-0.25, -0.2) is 4.39 Å². The minimum atomic E-state index is -0.401. The third-order valence-electron chi connectivity index (χ3n) is 4.67. The Morgan fingerprint density at radius 2 is 1.67 bits per heavy atom. The standard InChI is InChI=1S/C21H24FN3O2/c22-17-8-6-16(7-9-17)20(26)18-4-1-2-5-19(18)21(27)24-10-3-13-25-14-11-23-12-15-25/h1-2,4-9,23H,3,10-15H2,(H,24,27). The number of halogens is 1. The van der Waals surface area contributed by atoms with Gasteiger partial charge in [-0.15, -0.1) is 0 Å². The van der Waals surface area contributed by atoms with E-state index in [4.69, 9.17) is 0 Å². The molecule has 3 rings (SSSR count). The lowest BCUT2D eigenvalue weighted by Gasteiger charge is -2.27. The van der Waals surface area contributed by atoms with Gasteiger partial charge in [0.25, 0.3) is 5.91 Å². The van der Waals surface area contributed by atoms with Crippen molar-refractivity contribution in [2.24, 2.45) is 0 Å². The summed E-state index contributed by atoms with van der Waals surface area (Å²) in [6.07, 6.45) is 0.861. The molecule has 0 spiro atoms. The number of carbonyl (C=O) groups is 2. The van der Waals surface area contributed by atoms with Crippen LogP contribution in [0.4, 0.5) is 4.39 Å². The molecule has 1 amide bonds. The van der Waals surface area contributed by atoms with E-state index >= 15 is 0 Å². The Bertz CT molecular complexity index is 786. The summed E-state index contributed by atoms with van der Waals surface area (Å²) in [6, 6.07) is 12.1. The van der Waals surface area contributed by atoms with Crippen molar-refractivity contribution in [1.29, 1.82) is 0 Å². The van der Waals surface area contributed by atoms with Gasteiger partial charge in [-0.2, -0.15) is 0 Å². The van der Waals surface area contributed by atoms with Crippen molar-refractivity contribution in [1.82, 2.24) is 15.5 Å². The fraction of sp³-hybridized carbons (Fsp3) is 0.333. The first kappa shape index (κ1) is 19.2. The molecule has 1 aliphatic rings. The quantitative estimate of drug-likeness (QED) is 0.580.